The molecular weight excluding hydrogens is 398 g/mol. The molecule has 1 atom stereocenters. The zero-order valence-corrected chi connectivity index (χ0v) is 18.8. The summed E-state index contributed by atoms with van der Waals surface area (Å²) < 4.78 is 29.3. The molecule has 30 heavy (non-hydrogen) atoms. The molecule has 1 amide bonds. The number of amides is 1. The topological polar surface area (TPSA) is 63.7 Å². The minimum Gasteiger partial charge on any atom is -0.490 e. The number of rotatable bonds is 8. The van der Waals surface area contributed by atoms with Gasteiger partial charge in [-0.2, -0.15) is 0 Å². The summed E-state index contributed by atoms with van der Waals surface area (Å²) in [7, 11) is -1.43. The molecule has 2 aromatic rings. The molecule has 0 aromatic heterocycles. The van der Waals surface area contributed by atoms with Gasteiger partial charge in [0.1, 0.15) is 5.75 Å². The van der Waals surface area contributed by atoms with E-state index < -0.39 is 9.84 Å². The third-order valence-electron chi connectivity index (χ3n) is 5.90. The number of hydrogen-bond acceptors (Lipinski definition) is 4. The van der Waals surface area contributed by atoms with Gasteiger partial charge in [0.2, 0.25) is 5.91 Å². The predicted molar refractivity (Wildman–Crippen MR) is 118 cm³/mol. The van der Waals surface area contributed by atoms with Crippen LogP contribution in [0, 0.1) is 0 Å². The highest BCUT2D eigenvalue weighted by Gasteiger charge is 2.19. The van der Waals surface area contributed by atoms with Crippen LogP contribution < -0.4 is 4.74 Å². The highest BCUT2D eigenvalue weighted by Crippen LogP contribution is 2.25. The standard InChI is InChI=1S/C24H31NO4S/c1-18(20-12-14-23(15-13-20)30(3,27)28)25(2)24(26)16-11-19-7-6-10-22(17-19)29-21-8-4-5-9-21/h6-7,10,12-15,17-18,21H,4-5,8-9,11,16H2,1-3H3. The molecule has 0 bridgehead atoms. The van der Waals surface area contributed by atoms with Crippen LogP contribution in [-0.2, 0) is 21.1 Å². The molecule has 0 aliphatic heterocycles. The van der Waals surface area contributed by atoms with Gasteiger partial charge in [0, 0.05) is 19.7 Å². The number of aryl methyl sites for hydroxylation is 1. The minimum absolute atomic E-state index is 0.0526. The number of ether oxygens (including phenoxy) is 1. The number of carbonyl (C=O) groups is 1. The van der Waals surface area contributed by atoms with Crippen LogP contribution in [0.3, 0.4) is 0 Å². The van der Waals surface area contributed by atoms with E-state index in [2.05, 4.69) is 0 Å². The maximum atomic E-state index is 12.7. The first-order valence-electron chi connectivity index (χ1n) is 10.6. The zero-order valence-electron chi connectivity index (χ0n) is 18.0. The third-order valence-corrected chi connectivity index (χ3v) is 7.02. The fourth-order valence-electron chi connectivity index (χ4n) is 3.83. The van der Waals surface area contributed by atoms with E-state index in [1.807, 2.05) is 31.2 Å². The van der Waals surface area contributed by atoms with Gasteiger partial charge in [-0.1, -0.05) is 24.3 Å². The Morgan fingerprint density at radius 3 is 2.43 bits per heavy atom. The summed E-state index contributed by atoms with van der Waals surface area (Å²) in [4.78, 5) is 14.7. The second-order valence-electron chi connectivity index (χ2n) is 8.19. The van der Waals surface area contributed by atoms with Crippen LogP contribution >= 0.6 is 0 Å². The smallest absolute Gasteiger partial charge is 0.223 e. The maximum absolute atomic E-state index is 12.7. The average Bonchev–Trinajstić information content (AvgIpc) is 3.23. The lowest BCUT2D eigenvalue weighted by molar-refractivity contribution is -0.131. The highest BCUT2D eigenvalue weighted by molar-refractivity contribution is 7.90. The highest BCUT2D eigenvalue weighted by atomic mass is 32.2. The summed E-state index contributed by atoms with van der Waals surface area (Å²) in [6, 6.07) is 14.6. The van der Waals surface area contributed by atoms with Crippen molar-refractivity contribution in [3.8, 4) is 5.75 Å². The molecule has 0 radical (unpaired) electrons. The van der Waals surface area contributed by atoms with Crippen molar-refractivity contribution < 1.29 is 17.9 Å². The number of carbonyl (C=O) groups excluding carboxylic acids is 1. The van der Waals surface area contributed by atoms with Crippen molar-refractivity contribution in [2.45, 2.75) is 62.5 Å². The second-order valence-corrected chi connectivity index (χ2v) is 10.2. The van der Waals surface area contributed by atoms with Crippen molar-refractivity contribution in [1.29, 1.82) is 0 Å². The van der Waals surface area contributed by atoms with Crippen LogP contribution in [-0.4, -0.2) is 38.6 Å². The zero-order chi connectivity index (χ0) is 21.7. The first-order valence-corrected chi connectivity index (χ1v) is 12.4. The van der Waals surface area contributed by atoms with Crippen molar-refractivity contribution in [2.75, 3.05) is 13.3 Å². The molecule has 0 heterocycles. The Morgan fingerprint density at radius 2 is 1.80 bits per heavy atom. The van der Waals surface area contributed by atoms with Gasteiger partial charge in [0.05, 0.1) is 17.0 Å². The third kappa shape index (κ3) is 5.85. The van der Waals surface area contributed by atoms with E-state index in [1.54, 1.807) is 36.2 Å². The lowest BCUT2D eigenvalue weighted by Gasteiger charge is -2.25. The van der Waals surface area contributed by atoms with Crippen molar-refractivity contribution in [1.82, 2.24) is 4.90 Å². The van der Waals surface area contributed by atoms with Gasteiger partial charge in [-0.25, -0.2) is 8.42 Å². The Morgan fingerprint density at radius 1 is 1.13 bits per heavy atom. The molecule has 162 valence electrons. The van der Waals surface area contributed by atoms with Gasteiger partial charge in [-0.15, -0.1) is 0 Å². The summed E-state index contributed by atoms with van der Waals surface area (Å²) in [5, 5.41) is 0. The molecule has 5 nitrogen and oxygen atoms in total. The molecule has 1 fully saturated rings. The van der Waals surface area contributed by atoms with E-state index in [0.29, 0.717) is 18.9 Å². The van der Waals surface area contributed by atoms with Gasteiger partial charge in [0.15, 0.2) is 9.84 Å². The summed E-state index contributed by atoms with van der Waals surface area (Å²) in [6.45, 7) is 1.95. The Labute approximate surface area is 180 Å². The molecule has 1 unspecified atom stereocenters. The monoisotopic (exact) mass is 429 g/mol. The van der Waals surface area contributed by atoms with Crippen LogP contribution in [0.2, 0.25) is 0 Å². The van der Waals surface area contributed by atoms with Crippen LogP contribution in [0.25, 0.3) is 0 Å². The normalized spacial score (nSPS) is 15.7. The van der Waals surface area contributed by atoms with Gasteiger partial charge in [-0.3, -0.25) is 4.79 Å². The molecule has 0 spiro atoms. The van der Waals surface area contributed by atoms with E-state index >= 15 is 0 Å². The van der Waals surface area contributed by atoms with Gasteiger partial charge < -0.3 is 9.64 Å². The average molecular weight is 430 g/mol. The Hall–Kier alpha value is -2.34. The van der Waals surface area contributed by atoms with Crippen molar-refractivity contribution >= 4 is 15.7 Å². The van der Waals surface area contributed by atoms with Crippen molar-refractivity contribution in [2.24, 2.45) is 0 Å². The van der Waals surface area contributed by atoms with E-state index in [-0.39, 0.29) is 16.8 Å². The first kappa shape index (κ1) is 22.3. The van der Waals surface area contributed by atoms with E-state index in [4.69, 9.17) is 4.74 Å². The van der Waals surface area contributed by atoms with Crippen LogP contribution in [0.15, 0.2) is 53.4 Å². The fourth-order valence-corrected chi connectivity index (χ4v) is 4.46. The van der Waals surface area contributed by atoms with Crippen LogP contribution in [0.4, 0.5) is 0 Å². The van der Waals surface area contributed by atoms with Gasteiger partial charge in [-0.05, 0) is 74.4 Å². The maximum Gasteiger partial charge on any atom is 0.223 e. The minimum atomic E-state index is -3.22. The van der Waals surface area contributed by atoms with E-state index in [0.717, 1.165) is 29.7 Å². The molecule has 0 saturated heterocycles. The van der Waals surface area contributed by atoms with E-state index in [9.17, 15) is 13.2 Å². The molecule has 1 aliphatic rings. The van der Waals surface area contributed by atoms with Crippen molar-refractivity contribution in [3.05, 3.63) is 59.7 Å². The lowest BCUT2D eigenvalue weighted by atomic mass is 10.1. The van der Waals surface area contributed by atoms with Crippen LogP contribution in [0.1, 0.15) is 56.2 Å². The fraction of sp³-hybridized carbons (Fsp3) is 0.458. The Bertz CT molecular complexity index is 963. The second kappa shape index (κ2) is 9.65. The Kier molecular flexibility index (Phi) is 7.19. The number of hydrogen-bond donors (Lipinski definition) is 0. The molecule has 1 aliphatic carbocycles. The molecule has 1 saturated carbocycles. The lowest BCUT2D eigenvalue weighted by Crippen LogP contribution is -2.29. The van der Waals surface area contributed by atoms with E-state index in [1.165, 1.54) is 19.1 Å². The number of nitrogens with zero attached hydrogens (tertiary/aromatic N) is 1. The predicted octanol–water partition coefficient (Wildman–Crippen LogP) is 4.56. The summed E-state index contributed by atoms with van der Waals surface area (Å²) in [5.41, 5.74) is 2.00. The molecule has 2 aromatic carbocycles. The number of sulfone groups is 1. The quantitative estimate of drug-likeness (QED) is 0.617. The molecule has 0 N–H and O–H groups in total. The molecule has 6 heteroatoms. The van der Waals surface area contributed by atoms with Gasteiger partial charge >= 0.3 is 0 Å². The van der Waals surface area contributed by atoms with Crippen LogP contribution in [0.5, 0.6) is 5.75 Å². The molecule has 3 rings (SSSR count). The molecular formula is C24H31NO4S. The SMILES string of the molecule is CC(c1ccc(S(C)(=O)=O)cc1)N(C)C(=O)CCc1cccc(OC2CCCC2)c1. The van der Waals surface area contributed by atoms with Gasteiger partial charge in [0.25, 0.3) is 0 Å². The number of benzene rings is 2. The summed E-state index contributed by atoms with van der Waals surface area (Å²) in [5.74, 6) is 0.941. The summed E-state index contributed by atoms with van der Waals surface area (Å²) in [6.07, 6.45) is 7.30. The first-order chi connectivity index (χ1) is 14.2. The summed E-state index contributed by atoms with van der Waals surface area (Å²) >= 11 is 0. The largest absolute Gasteiger partial charge is 0.490 e. The Balaban J connectivity index is 1.56. The van der Waals surface area contributed by atoms with Crippen molar-refractivity contribution in [3.63, 3.8) is 0 Å².